The lowest BCUT2D eigenvalue weighted by Gasteiger charge is -2.09. The van der Waals surface area contributed by atoms with Gasteiger partial charge < -0.3 is 0 Å². The Kier molecular flexibility index (Phi) is 4.30. The molecule has 6 nitrogen and oxygen atoms in total. The lowest BCUT2D eigenvalue weighted by Crippen LogP contribution is -2.06. The second kappa shape index (κ2) is 6.03. The largest absolute Gasteiger partial charge is 0.416 e. The zero-order chi connectivity index (χ0) is 17.2. The lowest BCUT2D eigenvalue weighted by atomic mass is 10.00. The van der Waals surface area contributed by atoms with E-state index in [-0.39, 0.29) is 17.5 Å². The monoisotopic (exact) mass is 326 g/mol. The summed E-state index contributed by atoms with van der Waals surface area (Å²) in [5.41, 5.74) is -2.07. The van der Waals surface area contributed by atoms with Gasteiger partial charge >= 0.3 is 6.18 Å². The summed E-state index contributed by atoms with van der Waals surface area (Å²) in [7, 11) is 0. The number of nitrogens with zero attached hydrogens (tertiary/aromatic N) is 2. The molecule has 0 saturated carbocycles. The molecule has 0 aliphatic carbocycles. The van der Waals surface area contributed by atoms with E-state index in [1.165, 1.54) is 6.07 Å². The summed E-state index contributed by atoms with van der Waals surface area (Å²) in [5, 5.41) is 22.0. The summed E-state index contributed by atoms with van der Waals surface area (Å²) in [6.07, 6.45) is -4.91. The number of hydrogen-bond acceptors (Lipinski definition) is 4. The Labute approximate surface area is 127 Å². The minimum Gasteiger partial charge on any atom is -0.258 e. The molecule has 0 bridgehead atoms. The molecular weight excluding hydrogens is 317 g/mol. The number of hydrogen-bond donors (Lipinski definition) is 0. The van der Waals surface area contributed by atoms with E-state index < -0.39 is 33.0 Å². The van der Waals surface area contributed by atoms with Crippen molar-refractivity contribution in [2.75, 3.05) is 0 Å². The zero-order valence-electron chi connectivity index (χ0n) is 11.4. The van der Waals surface area contributed by atoms with Crippen LogP contribution < -0.4 is 0 Å². The molecule has 0 fully saturated rings. The lowest BCUT2D eigenvalue weighted by molar-refractivity contribution is -0.395. The van der Waals surface area contributed by atoms with Crippen LogP contribution in [0.3, 0.4) is 0 Å². The van der Waals surface area contributed by atoms with Crippen LogP contribution in [-0.4, -0.2) is 9.85 Å². The minimum absolute atomic E-state index is 0.0947. The van der Waals surface area contributed by atoms with Crippen molar-refractivity contribution in [1.82, 2.24) is 0 Å². The third-order valence-corrected chi connectivity index (χ3v) is 3.16. The van der Waals surface area contributed by atoms with Crippen LogP contribution in [0, 0.1) is 20.2 Å². The van der Waals surface area contributed by atoms with Gasteiger partial charge in [-0.25, -0.2) is 0 Å². The quantitative estimate of drug-likeness (QED) is 0.625. The van der Waals surface area contributed by atoms with Crippen LogP contribution in [0.15, 0.2) is 42.5 Å². The van der Waals surface area contributed by atoms with Crippen LogP contribution >= 0.6 is 0 Å². The Balaban J connectivity index is 2.52. The van der Waals surface area contributed by atoms with E-state index in [9.17, 15) is 33.4 Å². The Bertz CT molecular complexity index is 743. The molecule has 0 N–H and O–H groups in total. The van der Waals surface area contributed by atoms with Crippen molar-refractivity contribution in [2.45, 2.75) is 12.6 Å². The number of nitro groups is 2. The third-order valence-electron chi connectivity index (χ3n) is 3.16. The highest BCUT2D eigenvalue weighted by atomic mass is 19.4. The Morgan fingerprint density at radius 3 is 1.91 bits per heavy atom. The van der Waals surface area contributed by atoms with Gasteiger partial charge in [-0.15, -0.1) is 0 Å². The highest BCUT2D eigenvalue weighted by Gasteiger charge is 2.31. The maximum absolute atomic E-state index is 12.7. The number of alkyl halides is 3. The molecule has 2 aromatic rings. The SMILES string of the molecule is O=[N+]([O-])c1cccc([N+](=O)[O-])c1Cc1cccc(C(F)(F)F)c1. The Morgan fingerprint density at radius 2 is 1.43 bits per heavy atom. The predicted molar refractivity (Wildman–Crippen MR) is 74.0 cm³/mol. The van der Waals surface area contributed by atoms with Gasteiger partial charge in [0.25, 0.3) is 11.4 Å². The van der Waals surface area contributed by atoms with E-state index in [1.54, 1.807) is 0 Å². The van der Waals surface area contributed by atoms with Crippen molar-refractivity contribution >= 4 is 11.4 Å². The summed E-state index contributed by atoms with van der Waals surface area (Å²) in [6.45, 7) is 0. The smallest absolute Gasteiger partial charge is 0.258 e. The van der Waals surface area contributed by atoms with E-state index in [0.717, 1.165) is 36.4 Å². The van der Waals surface area contributed by atoms with E-state index in [1.807, 2.05) is 0 Å². The van der Waals surface area contributed by atoms with Crippen LogP contribution in [0.2, 0.25) is 0 Å². The van der Waals surface area contributed by atoms with Gasteiger partial charge in [0, 0.05) is 18.6 Å². The molecule has 2 aromatic carbocycles. The van der Waals surface area contributed by atoms with E-state index in [4.69, 9.17) is 0 Å². The Hall–Kier alpha value is -2.97. The molecule has 9 heteroatoms. The van der Waals surface area contributed by atoms with Gasteiger partial charge in [-0.05, 0) is 17.7 Å². The molecular formula is C14H9F3N2O4. The van der Waals surface area contributed by atoms with E-state index in [2.05, 4.69) is 0 Å². The second-order valence-electron chi connectivity index (χ2n) is 4.66. The molecule has 0 radical (unpaired) electrons. The van der Waals surface area contributed by atoms with Crippen molar-refractivity contribution < 1.29 is 23.0 Å². The number of halogens is 3. The summed E-state index contributed by atoms with van der Waals surface area (Å²) >= 11 is 0. The first-order valence-electron chi connectivity index (χ1n) is 6.27. The Morgan fingerprint density at radius 1 is 0.913 bits per heavy atom. The standard InChI is InChI=1S/C14H9F3N2O4/c15-14(16,17)10-4-1-3-9(7-10)8-11-12(18(20)21)5-2-6-13(11)19(22)23/h1-7H,8H2. The molecule has 0 spiro atoms. The van der Waals surface area contributed by atoms with Gasteiger partial charge in [0.05, 0.1) is 15.4 Å². The molecule has 2 rings (SSSR count). The molecule has 23 heavy (non-hydrogen) atoms. The normalized spacial score (nSPS) is 11.3. The first-order chi connectivity index (χ1) is 10.7. The van der Waals surface area contributed by atoms with Gasteiger partial charge in [-0.2, -0.15) is 13.2 Å². The fraction of sp³-hybridized carbons (Fsp3) is 0.143. The van der Waals surface area contributed by atoms with Crippen molar-refractivity contribution in [3.05, 3.63) is 79.4 Å². The summed E-state index contributed by atoms with van der Waals surface area (Å²) in [6, 6.07) is 7.48. The molecule has 0 unspecified atom stereocenters. The minimum atomic E-state index is -4.56. The van der Waals surface area contributed by atoms with Crippen LogP contribution in [0.1, 0.15) is 16.7 Å². The molecule has 0 aliphatic rings. The maximum atomic E-state index is 12.7. The highest BCUT2D eigenvalue weighted by molar-refractivity contribution is 5.55. The second-order valence-corrected chi connectivity index (χ2v) is 4.66. The van der Waals surface area contributed by atoms with Gasteiger partial charge in [0.1, 0.15) is 5.56 Å². The van der Waals surface area contributed by atoms with Crippen molar-refractivity contribution in [1.29, 1.82) is 0 Å². The van der Waals surface area contributed by atoms with Crippen molar-refractivity contribution in [3.8, 4) is 0 Å². The molecule has 0 amide bonds. The summed E-state index contributed by atoms with van der Waals surface area (Å²) in [5.74, 6) is 0. The molecule has 120 valence electrons. The average Bonchev–Trinajstić information content (AvgIpc) is 2.46. The zero-order valence-corrected chi connectivity index (χ0v) is 11.4. The molecule has 0 aliphatic heterocycles. The van der Waals surface area contributed by atoms with Gasteiger partial charge in [0.15, 0.2) is 0 Å². The highest BCUT2D eigenvalue weighted by Crippen LogP contribution is 2.33. The summed E-state index contributed by atoms with van der Waals surface area (Å²) in [4.78, 5) is 20.4. The average molecular weight is 326 g/mol. The first kappa shape index (κ1) is 16.4. The fourth-order valence-electron chi connectivity index (χ4n) is 2.15. The fourth-order valence-corrected chi connectivity index (χ4v) is 2.15. The van der Waals surface area contributed by atoms with Crippen LogP contribution in [-0.2, 0) is 12.6 Å². The summed E-state index contributed by atoms with van der Waals surface area (Å²) < 4.78 is 38.1. The third kappa shape index (κ3) is 3.62. The maximum Gasteiger partial charge on any atom is 0.416 e. The molecule has 0 saturated heterocycles. The molecule has 0 heterocycles. The number of benzene rings is 2. The van der Waals surface area contributed by atoms with Crippen LogP contribution in [0.4, 0.5) is 24.5 Å². The predicted octanol–water partition coefficient (Wildman–Crippen LogP) is 4.11. The van der Waals surface area contributed by atoms with Crippen molar-refractivity contribution in [2.24, 2.45) is 0 Å². The molecule has 0 aromatic heterocycles. The number of nitro benzene ring substituents is 2. The van der Waals surface area contributed by atoms with Gasteiger partial charge in [-0.1, -0.05) is 18.2 Å². The molecule has 0 atom stereocenters. The first-order valence-corrected chi connectivity index (χ1v) is 6.27. The van der Waals surface area contributed by atoms with Crippen LogP contribution in [0.5, 0.6) is 0 Å². The van der Waals surface area contributed by atoms with E-state index >= 15 is 0 Å². The van der Waals surface area contributed by atoms with Gasteiger partial charge in [0.2, 0.25) is 0 Å². The van der Waals surface area contributed by atoms with E-state index in [0.29, 0.717) is 0 Å². The van der Waals surface area contributed by atoms with Crippen LogP contribution in [0.25, 0.3) is 0 Å². The number of rotatable bonds is 4. The van der Waals surface area contributed by atoms with Gasteiger partial charge in [-0.3, -0.25) is 20.2 Å². The van der Waals surface area contributed by atoms with Crippen molar-refractivity contribution in [3.63, 3.8) is 0 Å². The topological polar surface area (TPSA) is 86.3 Å².